The van der Waals surface area contributed by atoms with Crippen LogP contribution in [0.5, 0.6) is 0 Å². The minimum absolute atomic E-state index is 0.0995. The fourth-order valence-corrected chi connectivity index (χ4v) is 2.39. The molecule has 2 aromatic rings. The van der Waals surface area contributed by atoms with Crippen LogP contribution in [0.3, 0.4) is 0 Å². The van der Waals surface area contributed by atoms with Crippen molar-refractivity contribution in [2.75, 3.05) is 0 Å². The third-order valence-corrected chi connectivity index (χ3v) is 3.53. The van der Waals surface area contributed by atoms with E-state index in [0.717, 1.165) is 17.0 Å². The van der Waals surface area contributed by atoms with Gasteiger partial charge in [0.05, 0.1) is 5.25 Å². The number of nitrogens with one attached hydrogen (secondary N) is 1. The van der Waals surface area contributed by atoms with Gasteiger partial charge in [0.15, 0.2) is 5.78 Å². The lowest BCUT2D eigenvalue weighted by molar-refractivity contribution is 0.0994. The summed E-state index contributed by atoms with van der Waals surface area (Å²) < 4.78 is 0. The number of ketones is 1. The van der Waals surface area contributed by atoms with E-state index in [1.165, 1.54) is 11.8 Å². The zero-order valence-electron chi connectivity index (χ0n) is 10.6. The number of benzene rings is 1. The summed E-state index contributed by atoms with van der Waals surface area (Å²) in [5.41, 5.74) is 1.88. The molecule has 1 unspecified atom stereocenters. The van der Waals surface area contributed by atoms with Crippen molar-refractivity contribution in [1.29, 1.82) is 0 Å². The Bertz CT molecular complexity index is 548. The minimum Gasteiger partial charge on any atom is -0.293 e. The van der Waals surface area contributed by atoms with Gasteiger partial charge in [-0.15, -0.1) is 5.10 Å². The third-order valence-electron chi connectivity index (χ3n) is 2.56. The monoisotopic (exact) mass is 261 g/mol. The van der Waals surface area contributed by atoms with E-state index in [1.807, 2.05) is 45.0 Å². The molecular formula is C13H15N3OS. The Balaban J connectivity index is 2.07. The Morgan fingerprint density at radius 2 is 1.94 bits per heavy atom. The van der Waals surface area contributed by atoms with Crippen LogP contribution < -0.4 is 0 Å². The number of nitrogens with zero attached hydrogens (tertiary/aromatic N) is 2. The van der Waals surface area contributed by atoms with Gasteiger partial charge in [0.25, 0.3) is 0 Å². The molecule has 1 heterocycles. The number of thioether (sulfide) groups is 1. The average Bonchev–Trinajstić information content (AvgIpc) is 2.75. The van der Waals surface area contributed by atoms with E-state index in [9.17, 15) is 4.79 Å². The van der Waals surface area contributed by atoms with Gasteiger partial charge in [-0.25, -0.2) is 4.98 Å². The van der Waals surface area contributed by atoms with Crippen molar-refractivity contribution in [2.24, 2.45) is 0 Å². The van der Waals surface area contributed by atoms with Crippen molar-refractivity contribution in [3.05, 3.63) is 41.2 Å². The molecule has 4 nitrogen and oxygen atoms in total. The van der Waals surface area contributed by atoms with Gasteiger partial charge in [-0.3, -0.25) is 9.89 Å². The van der Waals surface area contributed by atoms with Crippen molar-refractivity contribution in [3.8, 4) is 0 Å². The zero-order chi connectivity index (χ0) is 13.1. The van der Waals surface area contributed by atoms with E-state index >= 15 is 0 Å². The Kier molecular flexibility index (Phi) is 3.81. The first-order valence-corrected chi connectivity index (χ1v) is 6.61. The second-order valence-corrected chi connectivity index (χ2v) is 5.50. The van der Waals surface area contributed by atoms with Crippen molar-refractivity contribution in [3.63, 3.8) is 0 Å². The van der Waals surface area contributed by atoms with Crippen LogP contribution in [-0.4, -0.2) is 26.2 Å². The number of carbonyl (C=O) groups excluding carboxylic acids is 1. The fraction of sp³-hybridized carbons (Fsp3) is 0.308. The van der Waals surface area contributed by atoms with Gasteiger partial charge in [0, 0.05) is 5.56 Å². The topological polar surface area (TPSA) is 58.6 Å². The fourth-order valence-electron chi connectivity index (χ4n) is 1.54. The van der Waals surface area contributed by atoms with E-state index in [0.29, 0.717) is 5.16 Å². The summed E-state index contributed by atoms with van der Waals surface area (Å²) in [5, 5.41) is 7.21. The van der Waals surface area contributed by atoms with E-state index in [-0.39, 0.29) is 11.0 Å². The number of H-pyrrole nitrogens is 1. The lowest BCUT2D eigenvalue weighted by Crippen LogP contribution is -2.13. The van der Waals surface area contributed by atoms with Gasteiger partial charge >= 0.3 is 0 Å². The van der Waals surface area contributed by atoms with Gasteiger partial charge in [-0.05, 0) is 20.8 Å². The Hall–Kier alpha value is -1.62. The van der Waals surface area contributed by atoms with Gasteiger partial charge in [0.1, 0.15) is 5.82 Å². The quantitative estimate of drug-likeness (QED) is 0.679. The second-order valence-electron chi connectivity index (χ2n) is 4.19. The van der Waals surface area contributed by atoms with Gasteiger partial charge in [0.2, 0.25) is 5.16 Å². The van der Waals surface area contributed by atoms with Crippen LogP contribution in [0, 0.1) is 13.8 Å². The normalized spacial score (nSPS) is 12.4. The first kappa shape index (κ1) is 12.8. The lowest BCUT2D eigenvalue weighted by Gasteiger charge is -2.07. The van der Waals surface area contributed by atoms with Crippen molar-refractivity contribution in [1.82, 2.24) is 15.2 Å². The molecule has 18 heavy (non-hydrogen) atoms. The molecule has 0 aliphatic rings. The predicted octanol–water partition coefficient (Wildman–Crippen LogP) is 2.79. The largest absolute Gasteiger partial charge is 0.293 e. The van der Waals surface area contributed by atoms with Gasteiger partial charge < -0.3 is 0 Å². The number of aromatic nitrogens is 3. The van der Waals surface area contributed by atoms with E-state index in [4.69, 9.17) is 0 Å². The summed E-state index contributed by atoms with van der Waals surface area (Å²) in [6.07, 6.45) is 0. The molecule has 5 heteroatoms. The number of aryl methyl sites for hydroxylation is 2. The van der Waals surface area contributed by atoms with Crippen LogP contribution in [-0.2, 0) is 0 Å². The lowest BCUT2D eigenvalue weighted by atomic mass is 10.1. The molecule has 94 valence electrons. The molecular weight excluding hydrogens is 246 g/mol. The maximum absolute atomic E-state index is 12.2. The molecule has 0 amide bonds. The van der Waals surface area contributed by atoms with Crippen LogP contribution in [0.4, 0.5) is 0 Å². The van der Waals surface area contributed by atoms with Crippen LogP contribution in [0.25, 0.3) is 0 Å². The van der Waals surface area contributed by atoms with Crippen LogP contribution in [0.1, 0.15) is 28.7 Å². The first-order chi connectivity index (χ1) is 8.56. The molecule has 0 bridgehead atoms. The molecule has 1 aromatic carbocycles. The first-order valence-electron chi connectivity index (χ1n) is 5.73. The molecule has 0 spiro atoms. The van der Waals surface area contributed by atoms with Crippen LogP contribution in [0.2, 0.25) is 0 Å². The van der Waals surface area contributed by atoms with Crippen LogP contribution in [0.15, 0.2) is 29.4 Å². The van der Waals surface area contributed by atoms with Crippen molar-refractivity contribution >= 4 is 17.5 Å². The maximum atomic E-state index is 12.2. The van der Waals surface area contributed by atoms with Crippen molar-refractivity contribution in [2.45, 2.75) is 31.2 Å². The van der Waals surface area contributed by atoms with Gasteiger partial charge in [-0.1, -0.05) is 41.6 Å². The minimum atomic E-state index is -0.192. The second kappa shape index (κ2) is 5.35. The highest BCUT2D eigenvalue weighted by Gasteiger charge is 2.18. The molecule has 0 saturated carbocycles. The Morgan fingerprint density at radius 3 is 2.50 bits per heavy atom. The SMILES string of the molecule is Cc1ccc(C(=O)C(C)Sc2n[nH]c(C)n2)cc1. The molecule has 0 aliphatic heterocycles. The summed E-state index contributed by atoms with van der Waals surface area (Å²) >= 11 is 1.37. The highest BCUT2D eigenvalue weighted by molar-refractivity contribution is 8.00. The van der Waals surface area contributed by atoms with Gasteiger partial charge in [-0.2, -0.15) is 0 Å². The Morgan fingerprint density at radius 1 is 1.28 bits per heavy atom. The maximum Gasteiger partial charge on any atom is 0.209 e. The molecule has 2 rings (SSSR count). The Labute approximate surface area is 110 Å². The van der Waals surface area contributed by atoms with E-state index in [1.54, 1.807) is 0 Å². The standard InChI is InChI=1S/C13H15N3OS/c1-8-4-6-11(7-5-8)12(17)9(2)18-13-14-10(3)15-16-13/h4-7,9H,1-3H3,(H,14,15,16). The molecule has 1 N–H and O–H groups in total. The molecule has 1 aromatic heterocycles. The summed E-state index contributed by atoms with van der Waals surface area (Å²) in [4.78, 5) is 16.4. The third kappa shape index (κ3) is 2.98. The number of hydrogen-bond acceptors (Lipinski definition) is 4. The number of Topliss-reactive ketones (excluding diaryl/α,β-unsaturated/α-hetero) is 1. The zero-order valence-corrected chi connectivity index (χ0v) is 11.4. The average molecular weight is 261 g/mol. The number of hydrogen-bond donors (Lipinski definition) is 1. The number of rotatable bonds is 4. The summed E-state index contributed by atoms with van der Waals surface area (Å²) in [7, 11) is 0. The molecule has 0 saturated heterocycles. The number of aromatic amines is 1. The molecule has 0 radical (unpaired) electrons. The highest BCUT2D eigenvalue weighted by atomic mass is 32.2. The smallest absolute Gasteiger partial charge is 0.209 e. The highest BCUT2D eigenvalue weighted by Crippen LogP contribution is 2.22. The number of carbonyl (C=O) groups is 1. The molecule has 0 aliphatic carbocycles. The molecule has 0 fully saturated rings. The van der Waals surface area contributed by atoms with Crippen LogP contribution >= 0.6 is 11.8 Å². The summed E-state index contributed by atoms with van der Waals surface area (Å²) in [6, 6.07) is 7.61. The summed E-state index contributed by atoms with van der Waals surface area (Å²) in [5.74, 6) is 0.856. The van der Waals surface area contributed by atoms with E-state index < -0.39 is 0 Å². The molecule has 1 atom stereocenters. The summed E-state index contributed by atoms with van der Waals surface area (Å²) in [6.45, 7) is 5.71. The van der Waals surface area contributed by atoms with E-state index in [2.05, 4.69) is 15.2 Å². The predicted molar refractivity (Wildman–Crippen MR) is 71.9 cm³/mol. The van der Waals surface area contributed by atoms with Crippen molar-refractivity contribution < 1.29 is 4.79 Å².